The van der Waals surface area contributed by atoms with Gasteiger partial charge in [0.1, 0.15) is 15.9 Å². The Morgan fingerprint density at radius 1 is 1.07 bits per heavy atom. The van der Waals surface area contributed by atoms with Crippen molar-refractivity contribution in [1.29, 1.82) is 0 Å². The highest BCUT2D eigenvalue weighted by atomic mass is 32.2. The van der Waals surface area contributed by atoms with Crippen molar-refractivity contribution in [2.24, 2.45) is 0 Å². The summed E-state index contributed by atoms with van der Waals surface area (Å²) in [5.74, 6) is -1.87. The van der Waals surface area contributed by atoms with E-state index in [1.807, 2.05) is 25.1 Å². The van der Waals surface area contributed by atoms with Crippen LogP contribution in [0.3, 0.4) is 0 Å². The molecule has 0 fully saturated rings. The molecule has 2 aromatic rings. The minimum atomic E-state index is -4.19. The van der Waals surface area contributed by atoms with Crippen molar-refractivity contribution < 1.29 is 26.7 Å². The summed E-state index contributed by atoms with van der Waals surface area (Å²) < 4.78 is 50.4. The summed E-state index contributed by atoms with van der Waals surface area (Å²) in [6, 6.07) is 8.41. The third-order valence-electron chi connectivity index (χ3n) is 4.00. The number of aliphatic carboxylic acids is 1. The van der Waals surface area contributed by atoms with Crippen molar-refractivity contribution in [1.82, 2.24) is 4.72 Å². The Balaban J connectivity index is 2.46. The maximum Gasteiger partial charge on any atom is 0.321 e. The van der Waals surface area contributed by atoms with E-state index in [2.05, 4.69) is 4.72 Å². The van der Waals surface area contributed by atoms with E-state index in [9.17, 15) is 26.7 Å². The normalized spacial score (nSPS) is 13.4. The Morgan fingerprint density at radius 3 is 2.22 bits per heavy atom. The zero-order valence-corrected chi connectivity index (χ0v) is 16.8. The van der Waals surface area contributed by atoms with Gasteiger partial charge >= 0.3 is 5.97 Å². The van der Waals surface area contributed by atoms with Gasteiger partial charge in [0, 0.05) is 36.8 Å². The number of benzene rings is 2. The SMILES string of the molecule is CN(C)c1cccc2c(S(=O)(=O)N[C@H](CCS(C)(=O)=O)C(=O)O)cccc12. The van der Waals surface area contributed by atoms with Gasteiger partial charge in [-0.15, -0.1) is 0 Å². The number of fused-ring (bicyclic) bond motifs is 1. The summed E-state index contributed by atoms with van der Waals surface area (Å²) >= 11 is 0. The van der Waals surface area contributed by atoms with Crippen molar-refractivity contribution in [3.8, 4) is 0 Å². The van der Waals surface area contributed by atoms with Crippen molar-refractivity contribution in [3.63, 3.8) is 0 Å². The number of sulfone groups is 1. The number of sulfonamides is 1. The summed E-state index contributed by atoms with van der Waals surface area (Å²) in [5, 5.41) is 10.4. The van der Waals surface area contributed by atoms with Gasteiger partial charge in [0.25, 0.3) is 0 Å². The Labute approximate surface area is 158 Å². The van der Waals surface area contributed by atoms with E-state index in [0.717, 1.165) is 11.9 Å². The van der Waals surface area contributed by atoms with Gasteiger partial charge in [-0.2, -0.15) is 4.72 Å². The first-order valence-electron chi connectivity index (χ1n) is 8.04. The number of nitrogens with one attached hydrogen (secondary N) is 1. The lowest BCUT2D eigenvalue weighted by Gasteiger charge is -2.18. The molecular formula is C17H22N2O6S2. The lowest BCUT2D eigenvalue weighted by atomic mass is 10.1. The summed E-state index contributed by atoms with van der Waals surface area (Å²) in [5.41, 5.74) is 0.816. The number of rotatable bonds is 8. The van der Waals surface area contributed by atoms with Crippen LogP contribution in [0.4, 0.5) is 5.69 Å². The third-order valence-corrected chi connectivity index (χ3v) is 6.51. The maximum atomic E-state index is 12.8. The number of anilines is 1. The third kappa shape index (κ3) is 5.18. The van der Waals surface area contributed by atoms with E-state index < -0.39 is 37.6 Å². The predicted molar refractivity (Wildman–Crippen MR) is 104 cm³/mol. The zero-order chi connectivity index (χ0) is 20.4. The molecule has 0 heterocycles. The number of hydrogen-bond donors (Lipinski definition) is 2. The maximum absolute atomic E-state index is 12.8. The van der Waals surface area contributed by atoms with Crippen molar-refractivity contribution in [2.45, 2.75) is 17.4 Å². The summed E-state index contributed by atoms with van der Waals surface area (Å²) in [4.78, 5) is 13.2. The lowest BCUT2D eigenvalue weighted by molar-refractivity contribution is -0.139. The van der Waals surface area contributed by atoms with Gasteiger partial charge in [-0.1, -0.05) is 24.3 Å². The summed E-state index contributed by atoms with van der Waals surface area (Å²) in [6.07, 6.45) is 0.606. The van der Waals surface area contributed by atoms with Crippen LogP contribution < -0.4 is 9.62 Å². The number of carboxylic acids is 1. The highest BCUT2D eigenvalue weighted by Crippen LogP contribution is 2.30. The van der Waals surface area contributed by atoms with Gasteiger partial charge in [-0.05, 0) is 18.6 Å². The molecule has 2 rings (SSSR count). The van der Waals surface area contributed by atoms with Gasteiger partial charge in [0.2, 0.25) is 10.0 Å². The van der Waals surface area contributed by atoms with Gasteiger partial charge in [0.05, 0.1) is 10.6 Å². The molecular weight excluding hydrogens is 392 g/mol. The van der Waals surface area contributed by atoms with E-state index in [1.165, 1.54) is 6.07 Å². The van der Waals surface area contributed by atoms with E-state index in [-0.39, 0.29) is 11.3 Å². The molecule has 0 aliphatic heterocycles. The molecule has 0 aromatic heterocycles. The zero-order valence-electron chi connectivity index (χ0n) is 15.2. The highest BCUT2D eigenvalue weighted by Gasteiger charge is 2.27. The number of carboxylic acid groups (broad SMARTS) is 1. The molecule has 0 aliphatic carbocycles. The molecule has 2 aromatic carbocycles. The molecule has 0 unspecified atom stereocenters. The number of carbonyl (C=O) groups is 1. The van der Waals surface area contributed by atoms with Gasteiger partial charge in [-0.3, -0.25) is 4.79 Å². The lowest BCUT2D eigenvalue weighted by Crippen LogP contribution is -2.41. The topological polar surface area (TPSA) is 121 Å². The highest BCUT2D eigenvalue weighted by molar-refractivity contribution is 7.90. The molecule has 148 valence electrons. The van der Waals surface area contributed by atoms with Crippen LogP contribution in [-0.2, 0) is 24.7 Å². The fraction of sp³-hybridized carbons (Fsp3) is 0.353. The van der Waals surface area contributed by atoms with Crippen LogP contribution >= 0.6 is 0 Å². The Kier molecular flexibility index (Phi) is 6.13. The summed E-state index contributed by atoms with van der Waals surface area (Å²) in [6.45, 7) is 0. The Bertz CT molecular complexity index is 1060. The average molecular weight is 415 g/mol. The standard InChI is InChI=1S/C17H22N2O6S2/c1-19(2)15-8-4-7-13-12(15)6-5-9-16(13)27(24,25)18-14(17(20)21)10-11-26(3,22)23/h4-9,14,18H,10-11H2,1-3H3,(H,20,21)/t14-/m1/s1. The van der Waals surface area contributed by atoms with Crippen LogP contribution in [0.15, 0.2) is 41.3 Å². The molecule has 0 radical (unpaired) electrons. The molecule has 0 saturated heterocycles. The molecule has 8 nitrogen and oxygen atoms in total. The van der Waals surface area contributed by atoms with Crippen LogP contribution in [0.2, 0.25) is 0 Å². The fourth-order valence-electron chi connectivity index (χ4n) is 2.70. The van der Waals surface area contributed by atoms with E-state index in [0.29, 0.717) is 10.8 Å². The van der Waals surface area contributed by atoms with Gasteiger partial charge in [0.15, 0.2) is 0 Å². The van der Waals surface area contributed by atoms with Crippen LogP contribution in [0, 0.1) is 0 Å². The minimum absolute atomic E-state index is 0.0608. The first-order valence-corrected chi connectivity index (χ1v) is 11.6. The Hall–Kier alpha value is -2.17. The van der Waals surface area contributed by atoms with E-state index in [4.69, 9.17) is 0 Å². The predicted octanol–water partition coefficient (Wildman–Crippen LogP) is 1.07. The van der Waals surface area contributed by atoms with Crippen molar-refractivity contribution in [3.05, 3.63) is 36.4 Å². The molecule has 10 heteroatoms. The molecule has 27 heavy (non-hydrogen) atoms. The first kappa shape index (κ1) is 21.1. The first-order chi connectivity index (χ1) is 12.4. The van der Waals surface area contributed by atoms with E-state index in [1.54, 1.807) is 24.3 Å². The second kappa shape index (κ2) is 7.83. The van der Waals surface area contributed by atoms with Crippen LogP contribution in [0.1, 0.15) is 6.42 Å². The molecule has 0 aliphatic rings. The molecule has 2 N–H and O–H groups in total. The average Bonchev–Trinajstić information content (AvgIpc) is 2.56. The van der Waals surface area contributed by atoms with Gasteiger partial charge < -0.3 is 10.0 Å². The van der Waals surface area contributed by atoms with Crippen LogP contribution in [0.25, 0.3) is 10.8 Å². The monoisotopic (exact) mass is 414 g/mol. The fourth-order valence-corrected chi connectivity index (χ4v) is 4.81. The molecule has 1 atom stereocenters. The molecule has 0 saturated carbocycles. The van der Waals surface area contributed by atoms with Crippen LogP contribution in [0.5, 0.6) is 0 Å². The molecule has 0 amide bonds. The van der Waals surface area contributed by atoms with E-state index >= 15 is 0 Å². The summed E-state index contributed by atoms with van der Waals surface area (Å²) in [7, 11) is -3.95. The van der Waals surface area contributed by atoms with Crippen molar-refractivity contribution in [2.75, 3.05) is 31.0 Å². The quantitative estimate of drug-likeness (QED) is 0.663. The van der Waals surface area contributed by atoms with Crippen molar-refractivity contribution >= 4 is 42.3 Å². The Morgan fingerprint density at radius 2 is 1.67 bits per heavy atom. The number of hydrogen-bond acceptors (Lipinski definition) is 6. The van der Waals surface area contributed by atoms with Gasteiger partial charge in [-0.25, -0.2) is 16.8 Å². The minimum Gasteiger partial charge on any atom is -0.480 e. The number of nitrogens with zero attached hydrogens (tertiary/aromatic N) is 1. The largest absolute Gasteiger partial charge is 0.480 e. The molecule has 0 spiro atoms. The smallest absolute Gasteiger partial charge is 0.321 e. The van der Waals surface area contributed by atoms with Crippen LogP contribution in [-0.4, -0.2) is 60.1 Å². The second-order valence-corrected chi connectivity index (χ2v) is 10.4. The second-order valence-electron chi connectivity index (χ2n) is 6.45. The molecule has 0 bridgehead atoms.